The zero-order valence-electron chi connectivity index (χ0n) is 14.8. The molecule has 3 heteroatoms. The molecule has 0 aromatic rings. The molecule has 3 nitrogen and oxygen atoms in total. The number of hydrogen-bond acceptors (Lipinski definition) is 3. The summed E-state index contributed by atoms with van der Waals surface area (Å²) in [6, 6.07) is 0. The van der Waals surface area contributed by atoms with E-state index < -0.39 is 6.56 Å². The lowest BCUT2D eigenvalue weighted by Crippen LogP contribution is -2.08. The summed E-state index contributed by atoms with van der Waals surface area (Å²) in [4.78, 5) is 11.5. The first-order valence-electron chi connectivity index (χ1n) is 9.69. The second kappa shape index (κ2) is 3.50. The maximum Gasteiger partial charge on any atom is 0.310 e. The molecule has 0 heterocycles. The van der Waals surface area contributed by atoms with Crippen molar-refractivity contribution in [1.29, 1.82) is 0 Å². The lowest BCUT2D eigenvalue weighted by atomic mass is 10.3. The Morgan fingerprint density at radius 2 is 1.48 bits per heavy atom. The van der Waals surface area contributed by atoms with Crippen LogP contribution in [-0.2, 0) is 9.53 Å². The van der Waals surface area contributed by atoms with E-state index in [1.807, 2.05) is 6.92 Å². The summed E-state index contributed by atoms with van der Waals surface area (Å²) in [6.07, 6.45) is 9.81. The van der Waals surface area contributed by atoms with Gasteiger partial charge in [0.25, 0.3) is 0 Å². The monoisotopic (exact) mass is 292 g/mol. The lowest BCUT2D eigenvalue weighted by molar-refractivity contribution is -0.145. The first-order valence-corrected chi connectivity index (χ1v) is 8.69. The van der Waals surface area contributed by atoms with E-state index in [4.69, 9.17) is 7.48 Å². The number of rotatable bonds is 3. The van der Waals surface area contributed by atoms with Crippen LogP contribution in [0.1, 0.15) is 61.0 Å². The van der Waals surface area contributed by atoms with Crippen molar-refractivity contribution in [3.05, 3.63) is 0 Å². The summed E-state index contributed by atoms with van der Waals surface area (Å²) in [5, 5.41) is 9.24. The van der Waals surface area contributed by atoms with Crippen molar-refractivity contribution in [2.24, 2.45) is 33.5 Å². The third-order valence-electron chi connectivity index (χ3n) is 7.83. The molecule has 0 atom stereocenters. The largest absolute Gasteiger partial charge is 0.466 e. The maximum absolute atomic E-state index is 11.5. The highest BCUT2D eigenvalue weighted by Crippen LogP contribution is 2.93. The van der Waals surface area contributed by atoms with E-state index in [0.717, 1.165) is 25.7 Å². The van der Waals surface area contributed by atoms with Gasteiger partial charge in [-0.15, -0.1) is 0 Å². The van der Waals surface area contributed by atoms with Gasteiger partial charge in [-0.25, -0.2) is 0 Å². The van der Waals surface area contributed by atoms with Gasteiger partial charge >= 0.3 is 5.97 Å². The fourth-order valence-corrected chi connectivity index (χ4v) is 6.09. The molecule has 0 unspecified atom stereocenters. The van der Waals surface area contributed by atoms with Crippen LogP contribution in [0.5, 0.6) is 0 Å². The molecule has 6 aliphatic carbocycles. The number of esters is 1. The smallest absolute Gasteiger partial charge is 0.310 e. The van der Waals surface area contributed by atoms with E-state index in [1.165, 1.54) is 25.7 Å². The first kappa shape index (κ1) is 11.0. The Balaban J connectivity index is 0.000000106. The zero-order chi connectivity index (χ0) is 16.3. The molecule has 6 rings (SSSR count). The molecule has 0 amide bonds. The Hall–Kier alpha value is -0.570. The summed E-state index contributed by atoms with van der Waals surface area (Å²) in [7, 11) is 0. The van der Waals surface area contributed by atoms with Gasteiger partial charge in [-0.2, -0.15) is 0 Å². The van der Waals surface area contributed by atoms with Crippen molar-refractivity contribution in [2.75, 3.05) is 13.2 Å². The highest BCUT2D eigenvalue weighted by molar-refractivity contribution is 5.81. The van der Waals surface area contributed by atoms with Crippen molar-refractivity contribution in [3.63, 3.8) is 0 Å². The minimum absolute atomic E-state index is 0.0116. The third-order valence-corrected chi connectivity index (χ3v) is 7.83. The van der Waals surface area contributed by atoms with Crippen molar-refractivity contribution in [1.82, 2.24) is 0 Å². The van der Waals surface area contributed by atoms with Crippen LogP contribution in [0.2, 0.25) is 0 Å². The fraction of sp³-hybridized carbons (Fsp3) is 0.944. The summed E-state index contributed by atoms with van der Waals surface area (Å²) in [6.45, 7) is 0.536. The van der Waals surface area contributed by atoms with Crippen LogP contribution in [-0.4, -0.2) is 24.2 Å². The van der Waals surface area contributed by atoms with Gasteiger partial charge in [-0.05, 0) is 85.9 Å². The molecule has 1 N–H and O–H groups in total. The third kappa shape index (κ3) is 1.34. The number of aliphatic hydroxyl groups is 1. The van der Waals surface area contributed by atoms with Crippen LogP contribution in [0.4, 0.5) is 0 Å². The van der Waals surface area contributed by atoms with E-state index in [2.05, 4.69) is 0 Å². The van der Waals surface area contributed by atoms with E-state index in [1.54, 1.807) is 0 Å². The molecule has 6 saturated carbocycles. The number of carbonyl (C=O) groups is 1. The van der Waals surface area contributed by atoms with Gasteiger partial charge in [-0.3, -0.25) is 4.79 Å². The average Bonchev–Trinajstić information content (AvgIpc) is 3.31. The van der Waals surface area contributed by atoms with Crippen LogP contribution in [0.25, 0.3) is 0 Å². The summed E-state index contributed by atoms with van der Waals surface area (Å²) < 4.78 is 19.6. The second-order valence-electron chi connectivity index (χ2n) is 8.37. The van der Waals surface area contributed by atoms with Crippen LogP contribution in [0, 0.1) is 33.5 Å². The molecular weight excluding hydrogens is 264 g/mol. The zero-order valence-corrected chi connectivity index (χ0v) is 12.8. The van der Waals surface area contributed by atoms with E-state index >= 15 is 0 Å². The van der Waals surface area contributed by atoms with Crippen molar-refractivity contribution in [2.45, 2.75) is 58.3 Å². The number of fused-ring (bicyclic) bond motifs is 2. The van der Waals surface area contributed by atoms with Crippen molar-refractivity contribution < 1.29 is 17.4 Å². The van der Waals surface area contributed by atoms with Crippen LogP contribution >= 0.6 is 0 Å². The molecule has 4 spiro atoms. The molecule has 0 aliphatic heterocycles. The maximum atomic E-state index is 11.5. The summed E-state index contributed by atoms with van der Waals surface area (Å²) in [5.74, 6) is 0.389. The Labute approximate surface area is 129 Å². The van der Waals surface area contributed by atoms with Gasteiger partial charge < -0.3 is 9.84 Å². The van der Waals surface area contributed by atoms with Crippen LogP contribution in [0.15, 0.2) is 0 Å². The fourth-order valence-electron chi connectivity index (χ4n) is 6.09. The van der Waals surface area contributed by atoms with E-state index in [0.29, 0.717) is 23.4 Å². The lowest BCUT2D eigenvalue weighted by Gasteiger charge is -1.98. The highest BCUT2D eigenvalue weighted by Gasteiger charge is 2.89. The molecule has 0 aromatic heterocycles. The minimum atomic E-state index is -1.90. The van der Waals surface area contributed by atoms with E-state index in [9.17, 15) is 9.90 Å². The second-order valence-corrected chi connectivity index (χ2v) is 8.37. The average molecular weight is 292 g/mol. The molecule has 0 radical (unpaired) electrons. The quantitative estimate of drug-likeness (QED) is 0.814. The first-order chi connectivity index (χ1) is 10.8. The van der Waals surface area contributed by atoms with Gasteiger partial charge in [-0.1, -0.05) is 0 Å². The molecule has 0 aromatic carbocycles. The standard InChI is InChI=1S/C10H14O2.C8H12O/c1-2-12-8(11)7-9(3-4-9)10(7)5-6-10;9-5-6-7(1-2-7)8(6)3-4-8/h7H,2-6H2,1H3;6,9H,1-5H2/i;5D2. The molecule has 6 aliphatic rings. The minimum Gasteiger partial charge on any atom is -0.466 e. The van der Waals surface area contributed by atoms with Gasteiger partial charge in [0, 0.05) is 6.56 Å². The van der Waals surface area contributed by atoms with Crippen LogP contribution in [0.3, 0.4) is 0 Å². The van der Waals surface area contributed by atoms with Gasteiger partial charge in [0.1, 0.15) is 0 Å². The molecule has 0 saturated heterocycles. The Bertz CT molecular complexity index is 542. The number of carbonyl (C=O) groups excluding carboxylic acids is 1. The number of ether oxygens (including phenoxy) is 1. The SMILES string of the molecule is CCOC(=O)C1C2(CC2)C12CC2.[2H]C([2H])(O)C1C2(CC2)C12CC2. The number of hydrogen-bond donors (Lipinski definition) is 1. The van der Waals surface area contributed by atoms with Crippen molar-refractivity contribution in [3.8, 4) is 0 Å². The summed E-state index contributed by atoms with van der Waals surface area (Å²) in [5.41, 5.74) is 1.51. The predicted octanol–water partition coefficient (Wildman–Crippen LogP) is 2.91. The Morgan fingerprint density at radius 1 is 1.05 bits per heavy atom. The van der Waals surface area contributed by atoms with Gasteiger partial charge in [0.2, 0.25) is 0 Å². The normalized spacial score (nSPS) is 42.6. The van der Waals surface area contributed by atoms with E-state index in [-0.39, 0.29) is 22.7 Å². The predicted molar refractivity (Wildman–Crippen MR) is 77.4 cm³/mol. The van der Waals surface area contributed by atoms with Gasteiger partial charge in [0.05, 0.1) is 15.3 Å². The van der Waals surface area contributed by atoms with Gasteiger partial charge in [0.15, 0.2) is 0 Å². The molecule has 0 bridgehead atoms. The Morgan fingerprint density at radius 3 is 1.71 bits per heavy atom. The highest BCUT2D eigenvalue weighted by atomic mass is 16.5. The molecule has 6 fully saturated rings. The summed E-state index contributed by atoms with van der Waals surface area (Å²) >= 11 is 0. The van der Waals surface area contributed by atoms with Crippen molar-refractivity contribution >= 4 is 5.97 Å². The Kier molecular flexibility index (Phi) is 1.84. The molecule has 116 valence electrons. The molecular formula is C18H26O3. The van der Waals surface area contributed by atoms with Crippen LogP contribution < -0.4 is 0 Å². The molecule has 21 heavy (non-hydrogen) atoms. The topological polar surface area (TPSA) is 46.5 Å².